The molecule has 5 nitrogen and oxygen atoms in total. The molecule has 28 heavy (non-hydrogen) atoms. The van der Waals surface area contributed by atoms with E-state index in [2.05, 4.69) is 10.3 Å². The maximum Gasteiger partial charge on any atom is 0.339 e. The lowest BCUT2D eigenvalue weighted by Crippen LogP contribution is -2.21. The number of aryl methyl sites for hydroxylation is 1. The molecule has 0 atom stereocenters. The minimum Gasteiger partial charge on any atom is -0.452 e. The van der Waals surface area contributed by atoms with E-state index in [-0.39, 0.29) is 12.5 Å². The molecule has 1 N–H and O–H groups in total. The Kier molecular flexibility index (Phi) is 4.72. The van der Waals surface area contributed by atoms with Crippen LogP contribution in [0.3, 0.4) is 0 Å². The number of esters is 1. The Balaban J connectivity index is 1.49. The summed E-state index contributed by atoms with van der Waals surface area (Å²) < 4.78 is 5.26. The van der Waals surface area contributed by atoms with E-state index in [1.54, 1.807) is 6.07 Å². The lowest BCUT2D eigenvalue weighted by Gasteiger charge is -2.10. The van der Waals surface area contributed by atoms with Crippen molar-refractivity contribution in [1.29, 1.82) is 0 Å². The lowest BCUT2D eigenvalue weighted by atomic mass is 10.1. The van der Waals surface area contributed by atoms with Crippen LogP contribution in [0.1, 0.15) is 16.1 Å². The van der Waals surface area contributed by atoms with Gasteiger partial charge in [0.25, 0.3) is 5.91 Å². The van der Waals surface area contributed by atoms with Gasteiger partial charge >= 0.3 is 5.97 Å². The van der Waals surface area contributed by atoms with Crippen LogP contribution >= 0.6 is 0 Å². The maximum absolute atomic E-state index is 12.6. The molecule has 0 spiro atoms. The van der Waals surface area contributed by atoms with Crippen molar-refractivity contribution in [3.63, 3.8) is 0 Å². The van der Waals surface area contributed by atoms with E-state index >= 15 is 0 Å². The summed E-state index contributed by atoms with van der Waals surface area (Å²) in [4.78, 5) is 29.3. The van der Waals surface area contributed by atoms with Gasteiger partial charge in [0.1, 0.15) is 0 Å². The van der Waals surface area contributed by atoms with Gasteiger partial charge in [-0.25, -0.2) is 4.79 Å². The van der Waals surface area contributed by atoms with Crippen molar-refractivity contribution in [2.24, 2.45) is 0 Å². The van der Waals surface area contributed by atoms with Crippen molar-refractivity contribution in [1.82, 2.24) is 4.98 Å². The second-order valence-electron chi connectivity index (χ2n) is 6.48. The van der Waals surface area contributed by atoms with Gasteiger partial charge in [0, 0.05) is 22.2 Å². The Morgan fingerprint density at radius 2 is 1.64 bits per heavy atom. The molecule has 0 aliphatic rings. The van der Waals surface area contributed by atoms with E-state index in [9.17, 15) is 9.59 Å². The van der Waals surface area contributed by atoms with Crippen molar-refractivity contribution < 1.29 is 14.3 Å². The number of anilines is 1. The maximum atomic E-state index is 12.6. The number of amides is 1. The summed E-state index contributed by atoms with van der Waals surface area (Å²) in [6.07, 6.45) is 0. The molecule has 0 aliphatic heterocycles. The first-order valence-electron chi connectivity index (χ1n) is 8.93. The van der Waals surface area contributed by atoms with Gasteiger partial charge in [0.2, 0.25) is 0 Å². The summed E-state index contributed by atoms with van der Waals surface area (Å²) in [5.41, 5.74) is 2.52. The molecule has 0 fully saturated rings. The van der Waals surface area contributed by atoms with Crippen LogP contribution in [0.15, 0.2) is 72.8 Å². The van der Waals surface area contributed by atoms with Crippen LogP contribution in [0.25, 0.3) is 21.7 Å². The predicted octanol–water partition coefficient (Wildman–Crippen LogP) is 4.49. The molecule has 5 heteroatoms. The number of carbonyl (C=O) groups is 2. The minimum atomic E-state index is -0.547. The number of nitrogens with one attached hydrogen (secondary N) is 1. The summed E-state index contributed by atoms with van der Waals surface area (Å²) in [6.45, 7) is 1.45. The fraction of sp³-hybridized carbons (Fsp3) is 0.0870. The molecule has 0 saturated heterocycles. The molecule has 1 heterocycles. The lowest BCUT2D eigenvalue weighted by molar-refractivity contribution is -0.119. The van der Waals surface area contributed by atoms with Crippen molar-refractivity contribution in [3.8, 4) is 0 Å². The standard InChI is InChI=1S/C23H18N2O3/c1-15-13-19(18-10-4-5-11-21(18)24-15)23(27)28-14-22(26)25-20-12-6-8-16-7-2-3-9-17(16)20/h2-13H,14H2,1H3,(H,25,26). The van der Waals surface area contributed by atoms with Gasteiger partial charge in [-0.05, 0) is 30.5 Å². The smallest absolute Gasteiger partial charge is 0.339 e. The Morgan fingerprint density at radius 3 is 2.50 bits per heavy atom. The van der Waals surface area contributed by atoms with E-state index in [0.29, 0.717) is 22.3 Å². The average molecular weight is 370 g/mol. The van der Waals surface area contributed by atoms with Crippen LogP contribution in [-0.4, -0.2) is 23.5 Å². The van der Waals surface area contributed by atoms with Crippen molar-refractivity contribution in [2.45, 2.75) is 6.92 Å². The number of fused-ring (bicyclic) bond motifs is 2. The van der Waals surface area contributed by atoms with Gasteiger partial charge in [0.05, 0.1) is 11.1 Å². The van der Waals surface area contributed by atoms with E-state index in [4.69, 9.17) is 4.74 Å². The van der Waals surface area contributed by atoms with Crippen LogP contribution in [-0.2, 0) is 9.53 Å². The van der Waals surface area contributed by atoms with E-state index < -0.39 is 5.97 Å². The fourth-order valence-electron chi connectivity index (χ4n) is 3.21. The number of carbonyl (C=O) groups excluding carboxylic acids is 2. The summed E-state index contributed by atoms with van der Waals surface area (Å²) >= 11 is 0. The third kappa shape index (κ3) is 3.55. The minimum absolute atomic E-state index is 0.363. The van der Waals surface area contributed by atoms with Gasteiger partial charge in [-0.3, -0.25) is 9.78 Å². The first-order valence-corrected chi connectivity index (χ1v) is 8.93. The van der Waals surface area contributed by atoms with E-state index in [1.165, 1.54) is 0 Å². The van der Waals surface area contributed by atoms with E-state index in [0.717, 1.165) is 16.3 Å². The SMILES string of the molecule is Cc1cc(C(=O)OCC(=O)Nc2cccc3ccccc23)c2ccccc2n1. The summed E-state index contributed by atoms with van der Waals surface area (Å²) in [6, 6.07) is 22.5. The topological polar surface area (TPSA) is 68.3 Å². The molecule has 0 unspecified atom stereocenters. The molecular formula is C23H18N2O3. The quantitative estimate of drug-likeness (QED) is 0.537. The summed E-state index contributed by atoms with van der Waals surface area (Å²) in [5.74, 6) is -0.936. The molecule has 4 aromatic rings. The number of hydrogen-bond donors (Lipinski definition) is 1. The van der Waals surface area contributed by atoms with Gasteiger partial charge in [-0.2, -0.15) is 0 Å². The third-order valence-corrected chi connectivity index (χ3v) is 4.46. The normalized spacial score (nSPS) is 10.8. The number of aromatic nitrogens is 1. The first kappa shape index (κ1) is 17.7. The largest absolute Gasteiger partial charge is 0.452 e. The monoisotopic (exact) mass is 370 g/mol. The number of benzene rings is 3. The van der Waals surface area contributed by atoms with Crippen LogP contribution < -0.4 is 5.32 Å². The molecule has 1 amide bonds. The highest BCUT2D eigenvalue weighted by molar-refractivity contribution is 6.06. The van der Waals surface area contributed by atoms with Gasteiger partial charge < -0.3 is 10.1 Å². The van der Waals surface area contributed by atoms with Crippen LogP contribution in [0.4, 0.5) is 5.69 Å². The number of para-hydroxylation sites is 1. The molecule has 4 rings (SSSR count). The summed E-state index contributed by atoms with van der Waals surface area (Å²) in [7, 11) is 0. The number of nitrogens with zero attached hydrogens (tertiary/aromatic N) is 1. The predicted molar refractivity (Wildman–Crippen MR) is 109 cm³/mol. The molecule has 0 radical (unpaired) electrons. The van der Waals surface area contributed by atoms with Crippen LogP contribution in [0.2, 0.25) is 0 Å². The molecule has 3 aromatic carbocycles. The van der Waals surface area contributed by atoms with Crippen LogP contribution in [0, 0.1) is 6.92 Å². The Bertz CT molecular complexity index is 1200. The number of rotatable bonds is 4. The Hall–Kier alpha value is -3.73. The van der Waals surface area contributed by atoms with Gasteiger partial charge in [0.15, 0.2) is 6.61 Å². The molecule has 0 aliphatic carbocycles. The summed E-state index contributed by atoms with van der Waals surface area (Å²) in [5, 5.41) is 5.47. The molecule has 0 bridgehead atoms. The highest BCUT2D eigenvalue weighted by atomic mass is 16.5. The number of pyridine rings is 1. The highest BCUT2D eigenvalue weighted by Gasteiger charge is 2.15. The second kappa shape index (κ2) is 7.48. The number of ether oxygens (including phenoxy) is 1. The zero-order valence-electron chi connectivity index (χ0n) is 15.3. The molecule has 138 valence electrons. The average Bonchev–Trinajstić information content (AvgIpc) is 2.71. The molecule has 0 saturated carbocycles. The fourth-order valence-corrected chi connectivity index (χ4v) is 3.21. The van der Waals surface area contributed by atoms with Gasteiger partial charge in [-0.1, -0.05) is 54.6 Å². The van der Waals surface area contributed by atoms with Crippen molar-refractivity contribution in [2.75, 3.05) is 11.9 Å². The van der Waals surface area contributed by atoms with E-state index in [1.807, 2.05) is 73.7 Å². The highest BCUT2D eigenvalue weighted by Crippen LogP contribution is 2.23. The first-order chi connectivity index (χ1) is 13.6. The molecular weight excluding hydrogens is 352 g/mol. The van der Waals surface area contributed by atoms with Crippen LogP contribution in [0.5, 0.6) is 0 Å². The Labute approximate surface area is 162 Å². The van der Waals surface area contributed by atoms with Gasteiger partial charge in [-0.15, -0.1) is 0 Å². The van der Waals surface area contributed by atoms with Crippen molar-refractivity contribution >= 4 is 39.2 Å². The second-order valence-corrected chi connectivity index (χ2v) is 6.48. The molecule has 1 aromatic heterocycles. The third-order valence-electron chi connectivity index (χ3n) is 4.46. The van der Waals surface area contributed by atoms with Crippen molar-refractivity contribution in [3.05, 3.63) is 84.1 Å². The zero-order chi connectivity index (χ0) is 19.5. The number of hydrogen-bond acceptors (Lipinski definition) is 4. The zero-order valence-corrected chi connectivity index (χ0v) is 15.3. The Morgan fingerprint density at radius 1 is 0.929 bits per heavy atom.